The van der Waals surface area contributed by atoms with Crippen LogP contribution in [0, 0.1) is 0 Å². The van der Waals surface area contributed by atoms with Gasteiger partial charge in [-0.05, 0) is 36.3 Å². The molecule has 3 heterocycles. The van der Waals surface area contributed by atoms with E-state index >= 15 is 0 Å². The second-order valence-electron chi connectivity index (χ2n) is 12.1. The molecule has 1 saturated heterocycles. The van der Waals surface area contributed by atoms with Gasteiger partial charge in [0.05, 0.1) is 19.0 Å². The number of ether oxygens (including phenoxy) is 1. The molecule has 3 rings (SSSR count). The summed E-state index contributed by atoms with van der Waals surface area (Å²) in [5.41, 5.74) is 7.12. The largest absolute Gasteiger partial charge is 0.414 e. The van der Waals surface area contributed by atoms with Gasteiger partial charge in [-0.25, -0.2) is 9.97 Å². The number of fused-ring (bicyclic) bond motifs is 1. The molecule has 8 nitrogen and oxygen atoms in total. The van der Waals surface area contributed by atoms with E-state index in [2.05, 4.69) is 95.3 Å². The zero-order valence-electron chi connectivity index (χ0n) is 21.8. The summed E-state index contributed by atoms with van der Waals surface area (Å²) in [6.45, 7) is 23.1. The number of nitrogen functional groups attached to an aromatic ring is 1. The number of aromatic nitrogens is 4. The number of hydrogen-bond acceptors (Lipinski definition) is 8. The van der Waals surface area contributed by atoms with E-state index in [4.69, 9.17) is 19.3 Å². The lowest BCUT2D eigenvalue weighted by Crippen LogP contribution is -2.48. The fourth-order valence-electron chi connectivity index (χ4n) is 3.34. The number of thiol groups is 1. The third-order valence-electron chi connectivity index (χ3n) is 7.58. The van der Waals surface area contributed by atoms with E-state index in [0.29, 0.717) is 29.2 Å². The fraction of sp³-hybridized carbons (Fsp3) is 0.773. The summed E-state index contributed by atoms with van der Waals surface area (Å²) >= 11 is 4.41. The van der Waals surface area contributed by atoms with Crippen molar-refractivity contribution in [3.05, 3.63) is 6.33 Å². The van der Waals surface area contributed by atoms with Crippen molar-refractivity contribution in [2.75, 3.05) is 12.3 Å². The van der Waals surface area contributed by atoms with Gasteiger partial charge in [0, 0.05) is 6.42 Å². The molecule has 3 atom stereocenters. The molecule has 0 radical (unpaired) electrons. The molecule has 1 aliphatic rings. The van der Waals surface area contributed by atoms with Gasteiger partial charge in [-0.2, -0.15) is 4.98 Å². The standard InChI is InChI=1S/C22H41N5O3SSi2/c1-21(2,3)32(7,8)28-12-15-14(30-33(9,10)22(4,5)6)11-16(29-15)27-13-24-17-18(27)25-20(23)26-19(17)31/h13-16H,11-12H2,1-10H3,(H3,23,25,26,31)/t14?,15-,16-/m1/s1. The Labute approximate surface area is 205 Å². The maximum Gasteiger partial charge on any atom is 0.223 e. The average Bonchev–Trinajstić information content (AvgIpc) is 3.21. The lowest BCUT2D eigenvalue weighted by Gasteiger charge is -2.40. The van der Waals surface area contributed by atoms with Gasteiger partial charge in [-0.3, -0.25) is 4.57 Å². The minimum Gasteiger partial charge on any atom is -0.414 e. The molecular weight excluding hydrogens is 471 g/mol. The van der Waals surface area contributed by atoms with Gasteiger partial charge in [0.15, 0.2) is 22.3 Å². The Morgan fingerprint density at radius 3 is 2.27 bits per heavy atom. The molecule has 11 heteroatoms. The van der Waals surface area contributed by atoms with Crippen molar-refractivity contribution >= 4 is 46.4 Å². The van der Waals surface area contributed by atoms with Gasteiger partial charge >= 0.3 is 0 Å². The number of imidazole rings is 1. The van der Waals surface area contributed by atoms with Gasteiger partial charge in [0.25, 0.3) is 0 Å². The summed E-state index contributed by atoms with van der Waals surface area (Å²) in [5, 5.41) is 0.681. The highest BCUT2D eigenvalue weighted by Gasteiger charge is 2.46. The van der Waals surface area contributed by atoms with Gasteiger partial charge in [-0.15, -0.1) is 12.6 Å². The van der Waals surface area contributed by atoms with Crippen LogP contribution in [-0.2, 0) is 13.6 Å². The van der Waals surface area contributed by atoms with Crippen molar-refractivity contribution in [3.63, 3.8) is 0 Å². The van der Waals surface area contributed by atoms with Crippen molar-refractivity contribution < 1.29 is 13.6 Å². The lowest BCUT2D eigenvalue weighted by atomic mass is 10.2. The number of hydrogen-bond donors (Lipinski definition) is 2. The molecule has 0 aromatic carbocycles. The zero-order chi connectivity index (χ0) is 25.0. The number of nitrogens with two attached hydrogens (primary N) is 1. The van der Waals surface area contributed by atoms with E-state index in [9.17, 15) is 0 Å². The van der Waals surface area contributed by atoms with Crippen LogP contribution in [0.4, 0.5) is 5.95 Å². The third-order valence-corrected chi connectivity index (χ3v) is 16.9. The van der Waals surface area contributed by atoms with Gasteiger partial charge < -0.3 is 19.3 Å². The summed E-state index contributed by atoms with van der Waals surface area (Å²) in [7, 11) is -3.95. The van der Waals surface area contributed by atoms with E-state index in [1.807, 2.05) is 4.57 Å². The normalized spacial score (nSPS) is 22.9. The van der Waals surface area contributed by atoms with E-state index < -0.39 is 16.6 Å². The molecule has 33 heavy (non-hydrogen) atoms. The smallest absolute Gasteiger partial charge is 0.223 e. The van der Waals surface area contributed by atoms with Crippen molar-refractivity contribution in [2.45, 2.75) is 108 Å². The second kappa shape index (κ2) is 8.90. The second-order valence-corrected chi connectivity index (χ2v) is 22.1. The van der Waals surface area contributed by atoms with Gasteiger partial charge in [-0.1, -0.05) is 41.5 Å². The molecule has 186 valence electrons. The van der Waals surface area contributed by atoms with Crippen LogP contribution in [0.1, 0.15) is 54.2 Å². The molecule has 2 N–H and O–H groups in total. The quantitative estimate of drug-likeness (QED) is 0.304. The van der Waals surface area contributed by atoms with Crippen LogP contribution < -0.4 is 5.73 Å². The first kappa shape index (κ1) is 26.6. The molecule has 0 saturated carbocycles. The Balaban J connectivity index is 1.90. The fourth-order valence-corrected chi connectivity index (χ4v) is 5.97. The third kappa shape index (κ3) is 5.48. The maximum atomic E-state index is 6.86. The molecule has 1 fully saturated rings. The van der Waals surface area contributed by atoms with E-state index in [0.717, 1.165) is 0 Å². The van der Waals surface area contributed by atoms with Crippen molar-refractivity contribution in [3.8, 4) is 0 Å². The topological polar surface area (TPSA) is 97.3 Å². The van der Waals surface area contributed by atoms with Crippen LogP contribution in [0.5, 0.6) is 0 Å². The first-order valence-electron chi connectivity index (χ1n) is 11.6. The predicted molar refractivity (Wildman–Crippen MR) is 141 cm³/mol. The minimum atomic E-state index is -2.02. The minimum absolute atomic E-state index is 0.0761. The molecule has 0 amide bonds. The molecule has 0 bridgehead atoms. The summed E-state index contributed by atoms with van der Waals surface area (Å²) < 4.78 is 21.9. The molecule has 1 unspecified atom stereocenters. The summed E-state index contributed by atoms with van der Waals surface area (Å²) in [4.78, 5) is 13.0. The highest BCUT2D eigenvalue weighted by Crippen LogP contribution is 2.43. The molecule has 0 spiro atoms. The molecule has 0 aliphatic carbocycles. The molecular formula is C22H41N5O3SSi2. The Morgan fingerprint density at radius 1 is 1.09 bits per heavy atom. The van der Waals surface area contributed by atoms with Crippen LogP contribution in [0.3, 0.4) is 0 Å². The lowest BCUT2D eigenvalue weighted by molar-refractivity contribution is -0.0383. The van der Waals surface area contributed by atoms with Crippen molar-refractivity contribution in [2.24, 2.45) is 0 Å². The predicted octanol–water partition coefficient (Wildman–Crippen LogP) is 5.40. The first-order valence-corrected chi connectivity index (χ1v) is 17.9. The molecule has 1 aliphatic heterocycles. The summed E-state index contributed by atoms with van der Waals surface area (Å²) in [6.07, 6.45) is 1.89. The van der Waals surface area contributed by atoms with Gasteiger partial charge in [0.1, 0.15) is 22.9 Å². The van der Waals surface area contributed by atoms with E-state index in [1.165, 1.54) is 0 Å². The Kier molecular flexibility index (Phi) is 7.18. The highest BCUT2D eigenvalue weighted by molar-refractivity contribution is 7.80. The highest BCUT2D eigenvalue weighted by atomic mass is 32.1. The van der Waals surface area contributed by atoms with E-state index in [-0.39, 0.29) is 34.5 Å². The Bertz CT molecular complexity index is 1000. The van der Waals surface area contributed by atoms with Crippen LogP contribution in [0.25, 0.3) is 11.2 Å². The van der Waals surface area contributed by atoms with Gasteiger partial charge in [0.2, 0.25) is 5.95 Å². The summed E-state index contributed by atoms with van der Waals surface area (Å²) in [5.74, 6) is 0.166. The van der Waals surface area contributed by atoms with Crippen molar-refractivity contribution in [1.29, 1.82) is 0 Å². The molecule has 2 aromatic rings. The van der Waals surface area contributed by atoms with Crippen LogP contribution in [0.2, 0.25) is 36.3 Å². The maximum absolute atomic E-state index is 6.86. The number of nitrogens with zero attached hydrogens (tertiary/aromatic N) is 4. The van der Waals surface area contributed by atoms with Crippen LogP contribution >= 0.6 is 12.6 Å². The number of rotatable bonds is 6. The van der Waals surface area contributed by atoms with Crippen LogP contribution in [-0.4, -0.2) is 55.0 Å². The Hall–Kier alpha value is -0.986. The van der Waals surface area contributed by atoms with Crippen LogP contribution in [0.15, 0.2) is 11.4 Å². The average molecular weight is 512 g/mol. The Morgan fingerprint density at radius 2 is 1.70 bits per heavy atom. The monoisotopic (exact) mass is 511 g/mol. The SMILES string of the molecule is CC(C)(C)[Si](C)(C)OC[C@H]1O[C@@H](n2cnc3c(S)nc(N)nc32)CC1O[Si](C)(C)C(C)(C)C. The van der Waals surface area contributed by atoms with Crippen molar-refractivity contribution in [1.82, 2.24) is 19.5 Å². The summed E-state index contributed by atoms with van der Waals surface area (Å²) in [6, 6.07) is 0. The molecule has 2 aromatic heterocycles. The number of anilines is 1. The first-order chi connectivity index (χ1) is 14.9. The zero-order valence-corrected chi connectivity index (χ0v) is 24.7. The van der Waals surface area contributed by atoms with E-state index in [1.54, 1.807) is 6.33 Å².